The van der Waals surface area contributed by atoms with Crippen molar-refractivity contribution in [1.82, 2.24) is 9.78 Å². The maximum Gasteiger partial charge on any atom is 0.291 e. The highest BCUT2D eigenvalue weighted by atomic mass is 16.5. The first-order chi connectivity index (χ1) is 16.4. The highest BCUT2D eigenvalue weighted by molar-refractivity contribution is 6.02. The molecule has 0 bridgehead atoms. The molecule has 0 aliphatic rings. The Morgan fingerprint density at radius 1 is 1.12 bits per heavy atom. The summed E-state index contributed by atoms with van der Waals surface area (Å²) < 4.78 is 13.6. The van der Waals surface area contributed by atoms with Crippen LogP contribution in [0, 0.1) is 20.8 Å². The molecular weight excluding hydrogens is 426 g/mol. The van der Waals surface area contributed by atoms with E-state index in [2.05, 4.69) is 42.1 Å². The van der Waals surface area contributed by atoms with Crippen LogP contribution < -0.4 is 10.1 Å². The van der Waals surface area contributed by atoms with Crippen LogP contribution >= 0.6 is 0 Å². The molecule has 6 nitrogen and oxygen atoms in total. The van der Waals surface area contributed by atoms with E-state index in [4.69, 9.17) is 9.15 Å². The number of aryl methyl sites for hydroxylation is 2. The number of rotatable bonds is 9. The third-order valence-electron chi connectivity index (χ3n) is 5.63. The zero-order valence-electron chi connectivity index (χ0n) is 19.8. The van der Waals surface area contributed by atoms with Crippen LogP contribution in [0.15, 0.2) is 77.7 Å². The molecule has 1 N–H and O–H groups in total. The average Bonchev–Trinajstić information content (AvgIpc) is 3.39. The Balaban J connectivity index is 1.42. The number of furan rings is 1. The number of hydrogen-bond donors (Lipinski definition) is 1. The van der Waals surface area contributed by atoms with Crippen LogP contribution in [0.25, 0.3) is 0 Å². The van der Waals surface area contributed by atoms with Crippen molar-refractivity contribution in [1.29, 1.82) is 0 Å². The standard InChI is InChI=1S/C28H29N3O3/c1-5-9-23-12-6-7-13-25(23)33-18-24-14-15-26(34-24)28(32)29-27-20(3)30-31(21(27)4)17-22-11-8-10-19(2)16-22/h5-8,10-16H,1,9,17-18H2,2-4H3,(H,29,32). The summed E-state index contributed by atoms with van der Waals surface area (Å²) in [6, 6.07) is 19.5. The van der Waals surface area contributed by atoms with Crippen molar-refractivity contribution in [2.75, 3.05) is 5.32 Å². The van der Waals surface area contributed by atoms with Crippen molar-refractivity contribution in [3.63, 3.8) is 0 Å². The fourth-order valence-corrected chi connectivity index (χ4v) is 3.89. The molecule has 0 spiro atoms. The van der Waals surface area contributed by atoms with Crippen molar-refractivity contribution < 1.29 is 13.9 Å². The van der Waals surface area contributed by atoms with E-state index in [9.17, 15) is 4.79 Å². The number of nitrogens with zero attached hydrogens (tertiary/aromatic N) is 2. The minimum absolute atomic E-state index is 0.225. The van der Waals surface area contributed by atoms with E-state index in [1.807, 2.05) is 54.9 Å². The van der Waals surface area contributed by atoms with Crippen LogP contribution in [0.4, 0.5) is 5.69 Å². The quantitative estimate of drug-likeness (QED) is 0.314. The molecule has 0 aliphatic carbocycles. The Labute approximate surface area is 199 Å². The zero-order chi connectivity index (χ0) is 24.1. The third kappa shape index (κ3) is 5.29. The summed E-state index contributed by atoms with van der Waals surface area (Å²) in [7, 11) is 0. The van der Waals surface area contributed by atoms with Crippen LogP contribution in [0.5, 0.6) is 5.75 Å². The number of amides is 1. The van der Waals surface area contributed by atoms with Crippen molar-refractivity contribution in [3.8, 4) is 5.75 Å². The van der Waals surface area contributed by atoms with Gasteiger partial charge in [0.05, 0.1) is 23.6 Å². The number of carbonyl (C=O) groups excluding carboxylic acids is 1. The van der Waals surface area contributed by atoms with Gasteiger partial charge in [-0.15, -0.1) is 6.58 Å². The molecule has 0 saturated heterocycles. The SMILES string of the molecule is C=CCc1ccccc1OCc1ccc(C(=O)Nc2c(C)nn(Cc3cccc(C)c3)c2C)o1. The molecule has 2 aromatic heterocycles. The van der Waals surface area contributed by atoms with E-state index in [0.717, 1.165) is 34.7 Å². The minimum Gasteiger partial charge on any atom is -0.485 e. The van der Waals surface area contributed by atoms with Gasteiger partial charge in [-0.2, -0.15) is 5.10 Å². The molecule has 0 fully saturated rings. The lowest BCUT2D eigenvalue weighted by Gasteiger charge is -2.09. The number of benzene rings is 2. The highest BCUT2D eigenvalue weighted by Gasteiger charge is 2.18. The molecule has 34 heavy (non-hydrogen) atoms. The van der Waals surface area contributed by atoms with Gasteiger partial charge in [0.1, 0.15) is 18.1 Å². The first-order valence-corrected chi connectivity index (χ1v) is 11.3. The van der Waals surface area contributed by atoms with Gasteiger partial charge in [0, 0.05) is 0 Å². The Hall–Kier alpha value is -4.06. The highest BCUT2D eigenvalue weighted by Crippen LogP contribution is 2.23. The molecule has 0 aliphatic heterocycles. The smallest absolute Gasteiger partial charge is 0.291 e. The van der Waals surface area contributed by atoms with E-state index < -0.39 is 0 Å². The van der Waals surface area contributed by atoms with Crippen LogP contribution in [0.3, 0.4) is 0 Å². The summed E-state index contributed by atoms with van der Waals surface area (Å²) >= 11 is 0. The Bertz CT molecular complexity index is 1320. The molecular formula is C28H29N3O3. The van der Waals surface area contributed by atoms with Gasteiger partial charge in [0.2, 0.25) is 0 Å². The number of ether oxygens (including phenoxy) is 1. The number of aromatic nitrogens is 2. The molecule has 6 heteroatoms. The van der Waals surface area contributed by atoms with Gasteiger partial charge in [0.25, 0.3) is 5.91 Å². The van der Waals surface area contributed by atoms with E-state index in [0.29, 0.717) is 18.0 Å². The second kappa shape index (κ2) is 10.3. The molecule has 0 atom stereocenters. The predicted octanol–water partition coefficient (Wildman–Crippen LogP) is 6.01. The number of nitrogens with one attached hydrogen (secondary N) is 1. The van der Waals surface area contributed by atoms with Gasteiger partial charge < -0.3 is 14.5 Å². The van der Waals surface area contributed by atoms with Crippen molar-refractivity contribution in [3.05, 3.63) is 113 Å². The molecule has 2 aromatic carbocycles. The Kier molecular flexibility index (Phi) is 6.97. The fraction of sp³-hybridized carbons (Fsp3) is 0.214. The molecule has 0 unspecified atom stereocenters. The van der Waals surface area contributed by atoms with Gasteiger partial charge in [-0.1, -0.05) is 54.1 Å². The summed E-state index contributed by atoms with van der Waals surface area (Å²) in [6.07, 6.45) is 2.56. The molecule has 2 heterocycles. The number of para-hydroxylation sites is 1. The second-order valence-electron chi connectivity index (χ2n) is 8.30. The number of allylic oxidation sites excluding steroid dienone is 1. The van der Waals surface area contributed by atoms with Gasteiger partial charge in [-0.05, 0) is 56.5 Å². The van der Waals surface area contributed by atoms with Gasteiger partial charge in [-0.3, -0.25) is 9.48 Å². The second-order valence-corrected chi connectivity index (χ2v) is 8.30. The average molecular weight is 456 g/mol. The summed E-state index contributed by atoms with van der Waals surface area (Å²) in [5.41, 5.74) is 5.76. The molecule has 0 saturated carbocycles. The summed E-state index contributed by atoms with van der Waals surface area (Å²) in [6.45, 7) is 10.6. The monoisotopic (exact) mass is 455 g/mol. The first kappa shape index (κ1) is 23.1. The summed E-state index contributed by atoms with van der Waals surface area (Å²) in [4.78, 5) is 12.9. The van der Waals surface area contributed by atoms with E-state index in [1.165, 1.54) is 5.56 Å². The third-order valence-corrected chi connectivity index (χ3v) is 5.63. The summed E-state index contributed by atoms with van der Waals surface area (Å²) in [5.74, 6) is 1.25. The van der Waals surface area contributed by atoms with Crippen molar-refractivity contribution >= 4 is 11.6 Å². The topological polar surface area (TPSA) is 69.3 Å². The lowest BCUT2D eigenvalue weighted by atomic mass is 10.1. The van der Waals surface area contributed by atoms with Crippen LogP contribution in [0.1, 0.15) is 44.4 Å². The summed E-state index contributed by atoms with van der Waals surface area (Å²) in [5, 5.41) is 7.58. The zero-order valence-corrected chi connectivity index (χ0v) is 19.8. The Morgan fingerprint density at radius 3 is 2.74 bits per heavy atom. The lowest BCUT2D eigenvalue weighted by Crippen LogP contribution is -2.12. The maximum absolute atomic E-state index is 12.9. The van der Waals surface area contributed by atoms with Gasteiger partial charge >= 0.3 is 0 Å². The fourth-order valence-electron chi connectivity index (χ4n) is 3.89. The number of carbonyl (C=O) groups is 1. The van der Waals surface area contributed by atoms with Gasteiger partial charge in [-0.25, -0.2) is 0 Å². The number of anilines is 1. The minimum atomic E-state index is -0.320. The molecule has 0 radical (unpaired) electrons. The Morgan fingerprint density at radius 2 is 1.94 bits per heavy atom. The number of hydrogen-bond acceptors (Lipinski definition) is 4. The molecule has 4 rings (SSSR count). The predicted molar refractivity (Wildman–Crippen MR) is 133 cm³/mol. The van der Waals surface area contributed by atoms with Crippen LogP contribution in [-0.4, -0.2) is 15.7 Å². The maximum atomic E-state index is 12.9. The van der Waals surface area contributed by atoms with E-state index in [1.54, 1.807) is 12.1 Å². The van der Waals surface area contributed by atoms with E-state index in [-0.39, 0.29) is 18.3 Å². The molecule has 4 aromatic rings. The first-order valence-electron chi connectivity index (χ1n) is 11.3. The molecule has 1 amide bonds. The van der Waals surface area contributed by atoms with Crippen molar-refractivity contribution in [2.24, 2.45) is 0 Å². The normalized spacial score (nSPS) is 10.8. The van der Waals surface area contributed by atoms with Crippen molar-refractivity contribution in [2.45, 2.75) is 40.3 Å². The lowest BCUT2D eigenvalue weighted by molar-refractivity contribution is 0.0992. The van der Waals surface area contributed by atoms with Gasteiger partial charge in [0.15, 0.2) is 5.76 Å². The van der Waals surface area contributed by atoms with Crippen LogP contribution in [-0.2, 0) is 19.6 Å². The molecule has 174 valence electrons. The van der Waals surface area contributed by atoms with E-state index >= 15 is 0 Å². The largest absolute Gasteiger partial charge is 0.485 e. The van der Waals surface area contributed by atoms with Crippen LogP contribution in [0.2, 0.25) is 0 Å².